The van der Waals surface area contributed by atoms with E-state index in [0.29, 0.717) is 17.8 Å². The van der Waals surface area contributed by atoms with Gasteiger partial charge in [0.05, 0.1) is 6.10 Å². The van der Waals surface area contributed by atoms with E-state index in [1.165, 1.54) is 0 Å². The lowest BCUT2D eigenvalue weighted by Crippen LogP contribution is -2.40. The molecular formula is C19H28O3Si. The van der Waals surface area contributed by atoms with Crippen molar-refractivity contribution in [3.8, 4) is 0 Å². The summed E-state index contributed by atoms with van der Waals surface area (Å²) < 4.78 is 6.73. The second kappa shape index (κ2) is 8.02. The molecule has 0 N–H and O–H groups in total. The lowest BCUT2D eigenvalue weighted by atomic mass is 9.91. The Morgan fingerprint density at radius 2 is 1.87 bits per heavy atom. The van der Waals surface area contributed by atoms with E-state index in [2.05, 4.69) is 20.8 Å². The lowest BCUT2D eigenvalue weighted by molar-refractivity contribution is -0.123. The Kier molecular flexibility index (Phi) is 6.30. The Labute approximate surface area is 140 Å². The molecule has 1 saturated carbocycles. The van der Waals surface area contributed by atoms with E-state index in [-0.39, 0.29) is 12.0 Å². The van der Waals surface area contributed by atoms with Crippen LogP contribution in [0.1, 0.15) is 62.1 Å². The molecule has 0 bridgehead atoms. The first-order chi connectivity index (χ1) is 11.1. The van der Waals surface area contributed by atoms with Crippen molar-refractivity contribution in [2.75, 3.05) is 0 Å². The second-order valence-electron chi connectivity index (χ2n) is 6.49. The van der Waals surface area contributed by atoms with Crippen LogP contribution in [-0.2, 0) is 9.22 Å². The summed E-state index contributed by atoms with van der Waals surface area (Å²) >= 11 is 0. The Morgan fingerprint density at radius 3 is 2.39 bits per heavy atom. The van der Waals surface area contributed by atoms with Crippen LogP contribution in [0, 0.1) is 5.92 Å². The average molecular weight is 333 g/mol. The molecule has 23 heavy (non-hydrogen) atoms. The van der Waals surface area contributed by atoms with Gasteiger partial charge in [-0.25, -0.2) is 0 Å². The molecule has 0 unspecified atom stereocenters. The van der Waals surface area contributed by atoms with Crippen LogP contribution in [0.3, 0.4) is 0 Å². The second-order valence-corrected chi connectivity index (χ2v) is 11.2. The fourth-order valence-electron chi connectivity index (χ4n) is 3.67. The first-order valence-electron chi connectivity index (χ1n) is 8.85. The Balaban J connectivity index is 2.43. The smallest absolute Gasteiger partial charge is 0.192 e. The summed E-state index contributed by atoms with van der Waals surface area (Å²) in [5, 5.41) is 0. The minimum atomic E-state index is -1.86. The van der Waals surface area contributed by atoms with Crippen LogP contribution in [0.25, 0.3) is 0 Å². The first-order valence-corrected chi connectivity index (χ1v) is 11.4. The van der Waals surface area contributed by atoms with Crippen LogP contribution in [0.2, 0.25) is 18.1 Å². The van der Waals surface area contributed by atoms with Crippen LogP contribution in [0.15, 0.2) is 24.3 Å². The van der Waals surface area contributed by atoms with E-state index in [1.807, 2.05) is 24.3 Å². The molecule has 2 rings (SSSR count). The molecule has 0 aliphatic heterocycles. The van der Waals surface area contributed by atoms with E-state index in [4.69, 9.17) is 4.43 Å². The van der Waals surface area contributed by atoms with Crippen molar-refractivity contribution in [2.45, 2.75) is 64.3 Å². The molecule has 1 aromatic carbocycles. The Morgan fingerprint density at radius 1 is 1.22 bits per heavy atom. The standard InChI is InChI=1S/C19H28O3Si/c1-4-23(5-2,6-3)22-19(17-12-9-13-18(17)21)16-11-8-7-10-15(16)14-20/h7-8,10-11,14,17,19H,4-6,9,12-13H2,1-3H3/t17-,19-/m0/s1. The number of hydrogen-bond acceptors (Lipinski definition) is 3. The summed E-state index contributed by atoms with van der Waals surface area (Å²) in [5.41, 5.74) is 1.55. The summed E-state index contributed by atoms with van der Waals surface area (Å²) in [5.74, 6) is 0.203. The third kappa shape index (κ3) is 3.81. The molecule has 0 saturated heterocycles. The number of aldehydes is 1. The summed E-state index contributed by atoms with van der Waals surface area (Å²) in [6, 6.07) is 10.7. The van der Waals surface area contributed by atoms with Crippen LogP contribution in [0.5, 0.6) is 0 Å². The fourth-order valence-corrected chi connectivity index (χ4v) is 6.50. The number of hydrogen-bond donors (Lipinski definition) is 0. The number of carbonyl (C=O) groups is 2. The molecule has 3 nitrogen and oxygen atoms in total. The SMILES string of the molecule is CC[Si](CC)(CC)O[C@@H](c1ccccc1C=O)[C@H]1CCCC1=O. The average Bonchev–Trinajstić information content (AvgIpc) is 3.03. The van der Waals surface area contributed by atoms with Crippen molar-refractivity contribution in [1.82, 2.24) is 0 Å². The predicted molar refractivity (Wildman–Crippen MR) is 95.2 cm³/mol. The number of benzene rings is 1. The van der Waals surface area contributed by atoms with E-state index in [0.717, 1.165) is 42.8 Å². The van der Waals surface area contributed by atoms with Crippen molar-refractivity contribution in [1.29, 1.82) is 0 Å². The van der Waals surface area contributed by atoms with Gasteiger partial charge in [-0.1, -0.05) is 45.0 Å². The van der Waals surface area contributed by atoms with Crippen molar-refractivity contribution in [3.63, 3.8) is 0 Å². The molecular weight excluding hydrogens is 304 g/mol. The van der Waals surface area contributed by atoms with E-state index in [1.54, 1.807) is 0 Å². The predicted octanol–water partition coefficient (Wildman–Crippen LogP) is 4.93. The van der Waals surface area contributed by atoms with Gasteiger partial charge in [-0.2, -0.15) is 0 Å². The Hall–Kier alpha value is -1.26. The molecule has 0 radical (unpaired) electrons. The van der Waals surface area contributed by atoms with Gasteiger partial charge in [-0.05, 0) is 36.5 Å². The molecule has 4 heteroatoms. The van der Waals surface area contributed by atoms with Crippen molar-refractivity contribution in [2.24, 2.45) is 5.92 Å². The minimum Gasteiger partial charge on any atom is -0.409 e. The maximum Gasteiger partial charge on any atom is 0.192 e. The highest BCUT2D eigenvalue weighted by atomic mass is 28.4. The van der Waals surface area contributed by atoms with Gasteiger partial charge in [-0.3, -0.25) is 9.59 Å². The molecule has 1 aliphatic carbocycles. The van der Waals surface area contributed by atoms with Crippen molar-refractivity contribution >= 4 is 20.4 Å². The van der Waals surface area contributed by atoms with Gasteiger partial charge in [0.25, 0.3) is 0 Å². The van der Waals surface area contributed by atoms with E-state index in [9.17, 15) is 9.59 Å². The van der Waals surface area contributed by atoms with Crippen molar-refractivity contribution < 1.29 is 14.0 Å². The molecule has 0 amide bonds. The van der Waals surface area contributed by atoms with E-state index >= 15 is 0 Å². The maximum absolute atomic E-state index is 12.4. The van der Waals surface area contributed by atoms with Crippen molar-refractivity contribution in [3.05, 3.63) is 35.4 Å². The molecule has 0 heterocycles. The van der Waals surface area contributed by atoms with Gasteiger partial charge < -0.3 is 4.43 Å². The summed E-state index contributed by atoms with van der Waals surface area (Å²) in [6.45, 7) is 6.58. The largest absolute Gasteiger partial charge is 0.409 e. The zero-order valence-corrected chi connectivity index (χ0v) is 15.5. The number of ketones is 1. The molecule has 0 spiro atoms. The molecule has 1 fully saturated rings. The third-order valence-corrected chi connectivity index (χ3v) is 10.1. The van der Waals surface area contributed by atoms with Gasteiger partial charge in [0.2, 0.25) is 0 Å². The summed E-state index contributed by atoms with van der Waals surface area (Å²) in [4.78, 5) is 23.9. The van der Waals surface area contributed by atoms with Gasteiger partial charge >= 0.3 is 0 Å². The highest BCUT2D eigenvalue weighted by molar-refractivity contribution is 6.73. The third-order valence-electron chi connectivity index (χ3n) is 5.46. The lowest BCUT2D eigenvalue weighted by Gasteiger charge is -2.36. The summed E-state index contributed by atoms with van der Waals surface area (Å²) in [7, 11) is -1.86. The number of rotatable bonds is 8. The zero-order valence-electron chi connectivity index (χ0n) is 14.5. The van der Waals surface area contributed by atoms with Crippen LogP contribution < -0.4 is 0 Å². The van der Waals surface area contributed by atoms with Gasteiger partial charge in [-0.15, -0.1) is 0 Å². The van der Waals surface area contributed by atoms with Gasteiger partial charge in [0, 0.05) is 17.9 Å². The first kappa shape index (κ1) is 18.1. The maximum atomic E-state index is 12.4. The molecule has 1 aromatic rings. The van der Waals surface area contributed by atoms with Crippen LogP contribution >= 0.6 is 0 Å². The topological polar surface area (TPSA) is 43.4 Å². The molecule has 1 aliphatic rings. The Bertz CT molecular complexity index is 543. The highest BCUT2D eigenvalue weighted by Gasteiger charge is 2.40. The molecule has 2 atom stereocenters. The van der Waals surface area contributed by atoms with Gasteiger partial charge in [0.1, 0.15) is 12.1 Å². The number of carbonyl (C=O) groups excluding carboxylic acids is 2. The minimum absolute atomic E-state index is 0.0902. The van der Waals surface area contributed by atoms with Gasteiger partial charge in [0.15, 0.2) is 8.32 Å². The summed E-state index contributed by atoms with van der Waals surface area (Å²) in [6.07, 6.45) is 3.09. The van der Waals surface area contributed by atoms with Crippen LogP contribution in [-0.4, -0.2) is 20.4 Å². The molecule has 126 valence electrons. The normalized spacial score (nSPS) is 19.8. The molecule has 0 aromatic heterocycles. The van der Waals surface area contributed by atoms with Crippen LogP contribution in [0.4, 0.5) is 0 Å². The van der Waals surface area contributed by atoms with E-state index < -0.39 is 8.32 Å². The fraction of sp³-hybridized carbons (Fsp3) is 0.579. The monoisotopic (exact) mass is 332 g/mol. The highest BCUT2D eigenvalue weighted by Crippen LogP contribution is 2.40. The number of Topliss-reactive ketones (excluding diaryl/α,β-unsaturated/α-hetero) is 1. The quantitative estimate of drug-likeness (QED) is 0.501. The zero-order chi connectivity index (χ0) is 16.9.